The molecule has 0 fully saturated rings. The largest absolute Gasteiger partial charge is 0.382 e. The van der Waals surface area contributed by atoms with Crippen molar-refractivity contribution in [2.75, 3.05) is 24.2 Å². The smallest absolute Gasteiger partial charge is 0.265 e. The number of nitrogens with two attached hydrogens (primary N) is 1. The summed E-state index contributed by atoms with van der Waals surface area (Å²) in [5.41, 5.74) is 5.82. The van der Waals surface area contributed by atoms with Crippen LogP contribution >= 0.6 is 38.6 Å². The zero-order chi connectivity index (χ0) is 14.7. The number of thiophene rings is 1. The zero-order valence-electron chi connectivity index (χ0n) is 11.1. The third-order valence-corrected chi connectivity index (χ3v) is 5.86. The van der Waals surface area contributed by atoms with E-state index < -0.39 is 0 Å². The van der Waals surface area contributed by atoms with E-state index in [1.807, 2.05) is 30.3 Å². The summed E-state index contributed by atoms with van der Waals surface area (Å²) in [4.78, 5) is 19.9. The average molecular weight is 375 g/mol. The van der Waals surface area contributed by atoms with Gasteiger partial charge < -0.3 is 16.0 Å². The predicted octanol–water partition coefficient (Wildman–Crippen LogP) is 2.94. The Morgan fingerprint density at radius 2 is 2.35 bits per heavy atom. The molecule has 8 heteroatoms. The monoisotopic (exact) mass is 374 g/mol. The van der Waals surface area contributed by atoms with Crippen LogP contribution in [-0.4, -0.2) is 24.5 Å². The van der Waals surface area contributed by atoms with E-state index in [0.29, 0.717) is 11.4 Å². The Labute approximate surface area is 133 Å². The molecular formula is C12H15BrN4OS2. The summed E-state index contributed by atoms with van der Waals surface area (Å²) in [6.07, 6.45) is 0. The summed E-state index contributed by atoms with van der Waals surface area (Å²) in [6.45, 7) is 3.31. The molecule has 2 aromatic rings. The molecular weight excluding hydrogens is 360 g/mol. The molecule has 0 aromatic carbocycles. The average Bonchev–Trinajstić information content (AvgIpc) is 3.01. The first-order valence-electron chi connectivity index (χ1n) is 6.00. The Bertz CT molecular complexity index is 610. The maximum atomic E-state index is 12.1. The number of carbonyl (C=O) groups is 1. The molecule has 0 aliphatic carbocycles. The maximum absolute atomic E-state index is 12.1. The molecule has 0 saturated heterocycles. The normalized spacial score (nSPS) is 10.6. The van der Waals surface area contributed by atoms with Gasteiger partial charge >= 0.3 is 0 Å². The highest BCUT2D eigenvalue weighted by Crippen LogP contribution is 2.27. The Kier molecular flexibility index (Phi) is 5.00. The number of nitrogens with one attached hydrogen (secondary N) is 1. The topological polar surface area (TPSA) is 71.2 Å². The third-order valence-electron chi connectivity index (χ3n) is 2.75. The fourth-order valence-electron chi connectivity index (χ4n) is 1.47. The van der Waals surface area contributed by atoms with Gasteiger partial charge in [-0.3, -0.25) is 4.79 Å². The summed E-state index contributed by atoms with van der Waals surface area (Å²) in [7, 11) is 1.92. The summed E-state index contributed by atoms with van der Waals surface area (Å²) >= 11 is 6.34. The summed E-state index contributed by atoms with van der Waals surface area (Å²) in [5, 5.41) is 5.60. The number of hydrogen-bond acceptors (Lipinski definition) is 6. The first kappa shape index (κ1) is 15.3. The van der Waals surface area contributed by atoms with Crippen LogP contribution in [-0.2, 0) is 6.54 Å². The lowest BCUT2D eigenvalue weighted by Gasteiger charge is -2.10. The zero-order valence-corrected chi connectivity index (χ0v) is 14.4. The number of nitrogen functional groups attached to an aromatic ring is 1. The van der Waals surface area contributed by atoms with Gasteiger partial charge in [0.25, 0.3) is 5.91 Å². The Hall–Kier alpha value is -1.12. The van der Waals surface area contributed by atoms with E-state index >= 15 is 0 Å². The Balaban J connectivity index is 2.06. The highest BCUT2D eigenvalue weighted by Gasteiger charge is 2.17. The maximum Gasteiger partial charge on any atom is 0.265 e. The van der Waals surface area contributed by atoms with Crippen molar-refractivity contribution in [3.8, 4) is 0 Å². The minimum Gasteiger partial charge on any atom is -0.382 e. The van der Waals surface area contributed by atoms with Gasteiger partial charge in [-0.2, -0.15) is 0 Å². The van der Waals surface area contributed by atoms with Crippen molar-refractivity contribution in [3.63, 3.8) is 0 Å². The van der Waals surface area contributed by atoms with Crippen molar-refractivity contribution >= 4 is 55.5 Å². The third kappa shape index (κ3) is 3.31. The highest BCUT2D eigenvalue weighted by molar-refractivity contribution is 9.10. The molecule has 1 amide bonds. The summed E-state index contributed by atoms with van der Waals surface area (Å²) in [6, 6.07) is 1.96. The van der Waals surface area contributed by atoms with Gasteiger partial charge in [-0.15, -0.1) is 11.3 Å². The van der Waals surface area contributed by atoms with Gasteiger partial charge in [0.1, 0.15) is 10.7 Å². The molecule has 5 nitrogen and oxygen atoms in total. The van der Waals surface area contributed by atoms with Crippen LogP contribution in [0.5, 0.6) is 0 Å². The number of hydrogen-bond donors (Lipinski definition) is 2. The van der Waals surface area contributed by atoms with Gasteiger partial charge in [0, 0.05) is 22.9 Å². The van der Waals surface area contributed by atoms with Crippen LogP contribution in [0.2, 0.25) is 0 Å². The number of thiazole rings is 1. The molecule has 2 heterocycles. The molecule has 108 valence electrons. The van der Waals surface area contributed by atoms with E-state index in [-0.39, 0.29) is 11.7 Å². The first-order chi connectivity index (χ1) is 9.52. The number of anilines is 2. The number of aromatic nitrogens is 1. The highest BCUT2D eigenvalue weighted by atomic mass is 79.9. The SMILES string of the molecule is CCN(C)c1nc(N)c(C(=O)NCc2sccc2Br)s1. The molecule has 0 aliphatic rings. The minimum atomic E-state index is -0.184. The number of nitrogens with zero attached hydrogens (tertiary/aromatic N) is 2. The van der Waals surface area contributed by atoms with Crippen LogP contribution in [0.15, 0.2) is 15.9 Å². The lowest BCUT2D eigenvalue weighted by Crippen LogP contribution is -2.22. The quantitative estimate of drug-likeness (QED) is 0.843. The van der Waals surface area contributed by atoms with E-state index in [4.69, 9.17) is 5.73 Å². The van der Waals surface area contributed by atoms with Gasteiger partial charge in [-0.05, 0) is 34.3 Å². The second-order valence-electron chi connectivity index (χ2n) is 4.10. The number of halogens is 1. The number of carbonyl (C=O) groups excluding carboxylic acids is 1. The van der Waals surface area contributed by atoms with Crippen LogP contribution in [0.1, 0.15) is 21.5 Å². The van der Waals surface area contributed by atoms with Crippen molar-refractivity contribution in [1.82, 2.24) is 10.3 Å². The van der Waals surface area contributed by atoms with Crippen molar-refractivity contribution in [3.05, 3.63) is 25.7 Å². The fraction of sp³-hybridized carbons (Fsp3) is 0.333. The molecule has 0 bridgehead atoms. The van der Waals surface area contributed by atoms with E-state index in [0.717, 1.165) is 21.0 Å². The van der Waals surface area contributed by atoms with E-state index in [1.165, 1.54) is 11.3 Å². The lowest BCUT2D eigenvalue weighted by atomic mass is 10.4. The molecule has 0 atom stereocenters. The number of amides is 1. The summed E-state index contributed by atoms with van der Waals surface area (Å²) in [5.74, 6) is 0.101. The van der Waals surface area contributed by atoms with E-state index in [2.05, 4.69) is 26.2 Å². The van der Waals surface area contributed by atoms with Crippen molar-refractivity contribution < 1.29 is 4.79 Å². The van der Waals surface area contributed by atoms with Crippen LogP contribution in [0.4, 0.5) is 10.9 Å². The van der Waals surface area contributed by atoms with E-state index in [1.54, 1.807) is 11.3 Å². The molecule has 3 N–H and O–H groups in total. The lowest BCUT2D eigenvalue weighted by molar-refractivity contribution is 0.0956. The van der Waals surface area contributed by atoms with Gasteiger partial charge in [-0.1, -0.05) is 11.3 Å². The van der Waals surface area contributed by atoms with Gasteiger partial charge in [-0.25, -0.2) is 4.98 Å². The van der Waals surface area contributed by atoms with Gasteiger partial charge in [0.15, 0.2) is 5.13 Å². The van der Waals surface area contributed by atoms with Crippen molar-refractivity contribution in [2.24, 2.45) is 0 Å². The van der Waals surface area contributed by atoms with Crippen LogP contribution in [0, 0.1) is 0 Å². The standard InChI is InChI=1S/C12H15BrN4OS2/c1-3-17(2)12-16-10(14)9(20-12)11(18)15-6-8-7(13)4-5-19-8/h4-5H,3,6,14H2,1-2H3,(H,15,18). The predicted molar refractivity (Wildman–Crippen MR) is 88.7 cm³/mol. The minimum absolute atomic E-state index is 0.184. The molecule has 0 unspecified atom stereocenters. The second-order valence-corrected chi connectivity index (χ2v) is 6.93. The van der Waals surface area contributed by atoms with Crippen molar-refractivity contribution in [1.29, 1.82) is 0 Å². The fourth-order valence-corrected chi connectivity index (χ4v) is 3.83. The number of rotatable bonds is 5. The van der Waals surface area contributed by atoms with Crippen LogP contribution in [0.25, 0.3) is 0 Å². The molecule has 2 rings (SSSR count). The van der Waals surface area contributed by atoms with Crippen LogP contribution in [0.3, 0.4) is 0 Å². The molecule has 0 saturated carbocycles. The van der Waals surface area contributed by atoms with Crippen LogP contribution < -0.4 is 16.0 Å². The van der Waals surface area contributed by atoms with Gasteiger partial charge in [0.2, 0.25) is 0 Å². The Morgan fingerprint density at radius 3 is 2.95 bits per heavy atom. The molecule has 0 aliphatic heterocycles. The van der Waals surface area contributed by atoms with Crippen molar-refractivity contribution in [2.45, 2.75) is 13.5 Å². The van der Waals surface area contributed by atoms with Gasteiger partial charge in [0.05, 0.1) is 6.54 Å². The Morgan fingerprint density at radius 1 is 1.60 bits per heavy atom. The molecule has 0 spiro atoms. The molecule has 0 radical (unpaired) electrons. The van der Waals surface area contributed by atoms with E-state index in [9.17, 15) is 4.79 Å². The summed E-state index contributed by atoms with van der Waals surface area (Å²) < 4.78 is 1.01. The first-order valence-corrected chi connectivity index (χ1v) is 8.49. The second kappa shape index (κ2) is 6.55. The molecule has 2 aromatic heterocycles. The molecule has 20 heavy (non-hydrogen) atoms.